The molecule has 35 heavy (non-hydrogen) atoms. The highest BCUT2D eigenvalue weighted by atomic mass is 16.5. The average Bonchev–Trinajstić information content (AvgIpc) is 3.23. The Balaban J connectivity index is 1.51. The third-order valence-electron chi connectivity index (χ3n) is 7.04. The fraction of sp³-hybridized carbons (Fsp3) is 0.517. The van der Waals surface area contributed by atoms with Crippen LogP contribution in [-0.2, 0) is 17.9 Å². The molecule has 0 bridgehead atoms. The largest absolute Gasteiger partial charge is 0.497 e. The van der Waals surface area contributed by atoms with Crippen molar-refractivity contribution < 1.29 is 9.53 Å². The highest BCUT2D eigenvalue weighted by molar-refractivity contribution is 5.79. The Morgan fingerprint density at radius 2 is 1.86 bits per heavy atom. The first-order chi connectivity index (χ1) is 17.1. The number of hydrogen-bond acceptors (Lipinski definition) is 4. The first-order valence-electron chi connectivity index (χ1n) is 13.2. The smallest absolute Gasteiger partial charge is 0.226 e. The number of benzene rings is 2. The molecule has 6 heteroatoms. The minimum atomic E-state index is 0.0894. The molecule has 1 amide bonds. The second-order valence-electron chi connectivity index (χ2n) is 9.70. The van der Waals surface area contributed by atoms with Crippen LogP contribution in [-0.4, -0.2) is 58.5 Å². The van der Waals surface area contributed by atoms with E-state index < -0.39 is 0 Å². The summed E-state index contributed by atoms with van der Waals surface area (Å²) in [5.41, 5.74) is 3.39. The zero-order chi connectivity index (χ0) is 24.6. The van der Waals surface area contributed by atoms with Crippen molar-refractivity contribution in [2.45, 2.75) is 59.0 Å². The summed E-state index contributed by atoms with van der Waals surface area (Å²) in [6, 6.07) is 16.6. The maximum Gasteiger partial charge on any atom is 0.226 e. The van der Waals surface area contributed by atoms with Gasteiger partial charge in [-0.3, -0.25) is 9.69 Å². The van der Waals surface area contributed by atoms with E-state index >= 15 is 0 Å². The molecule has 1 aliphatic rings. The summed E-state index contributed by atoms with van der Waals surface area (Å²) >= 11 is 0. The van der Waals surface area contributed by atoms with Crippen molar-refractivity contribution in [2.24, 2.45) is 5.92 Å². The van der Waals surface area contributed by atoms with Crippen LogP contribution in [0.3, 0.4) is 0 Å². The molecule has 0 radical (unpaired) electrons. The Bertz CT molecular complexity index is 1090. The molecule has 1 atom stereocenters. The second kappa shape index (κ2) is 12.2. The summed E-state index contributed by atoms with van der Waals surface area (Å²) in [5.74, 6) is 2.36. The minimum absolute atomic E-state index is 0.0894. The van der Waals surface area contributed by atoms with Gasteiger partial charge < -0.3 is 14.2 Å². The van der Waals surface area contributed by atoms with Crippen molar-refractivity contribution in [1.82, 2.24) is 19.4 Å². The summed E-state index contributed by atoms with van der Waals surface area (Å²) in [4.78, 5) is 22.9. The molecular formula is C29H40N4O2. The van der Waals surface area contributed by atoms with Crippen molar-refractivity contribution in [3.63, 3.8) is 0 Å². The minimum Gasteiger partial charge on any atom is -0.497 e. The van der Waals surface area contributed by atoms with Gasteiger partial charge in [0, 0.05) is 26.2 Å². The molecule has 0 N–H and O–H groups in total. The number of imidazole rings is 1. The second-order valence-corrected chi connectivity index (χ2v) is 9.70. The number of ether oxygens (including phenoxy) is 1. The number of likely N-dealkylation sites (tertiary alicyclic amines) is 1. The van der Waals surface area contributed by atoms with Gasteiger partial charge in [-0.05, 0) is 62.1 Å². The Kier molecular flexibility index (Phi) is 8.80. The quantitative estimate of drug-likeness (QED) is 0.375. The van der Waals surface area contributed by atoms with Crippen molar-refractivity contribution in [3.8, 4) is 5.75 Å². The van der Waals surface area contributed by atoms with E-state index in [2.05, 4.69) is 58.5 Å². The highest BCUT2D eigenvalue weighted by Gasteiger charge is 2.29. The number of nitrogens with zero attached hydrogens (tertiary/aromatic N) is 4. The molecule has 188 valence electrons. The molecule has 4 rings (SSSR count). The number of amides is 1. The number of methoxy groups -OCH3 is 1. The van der Waals surface area contributed by atoms with Crippen LogP contribution in [0, 0.1) is 5.92 Å². The van der Waals surface area contributed by atoms with Crippen LogP contribution in [0.5, 0.6) is 5.75 Å². The lowest BCUT2D eigenvalue weighted by Crippen LogP contribution is -2.45. The molecule has 1 saturated heterocycles. The predicted octanol–water partition coefficient (Wildman–Crippen LogP) is 5.34. The zero-order valence-electron chi connectivity index (χ0n) is 21.6. The molecule has 0 saturated carbocycles. The van der Waals surface area contributed by atoms with E-state index in [0.717, 1.165) is 94.0 Å². The van der Waals surface area contributed by atoms with E-state index in [0.29, 0.717) is 5.91 Å². The van der Waals surface area contributed by atoms with Crippen molar-refractivity contribution in [3.05, 3.63) is 59.9 Å². The average molecular weight is 477 g/mol. The lowest BCUT2D eigenvalue weighted by atomic mass is 9.96. The summed E-state index contributed by atoms with van der Waals surface area (Å²) in [5, 5.41) is 0. The SMILES string of the molecule is CCCCN(CCC)C(=O)[C@@H]1CCCN(Cc2nc3ccccc3n2Cc2ccc(OC)cc2)C1. The number of piperidine rings is 1. The third-order valence-corrected chi connectivity index (χ3v) is 7.04. The van der Waals surface area contributed by atoms with Gasteiger partial charge in [0.05, 0.1) is 30.6 Å². The molecule has 1 fully saturated rings. The summed E-state index contributed by atoms with van der Waals surface area (Å²) in [6.07, 6.45) is 5.26. The molecule has 0 spiro atoms. The van der Waals surface area contributed by atoms with Gasteiger partial charge in [0.25, 0.3) is 0 Å². The number of carbonyl (C=O) groups excluding carboxylic acids is 1. The van der Waals surface area contributed by atoms with Gasteiger partial charge in [-0.15, -0.1) is 0 Å². The first-order valence-corrected chi connectivity index (χ1v) is 13.2. The van der Waals surface area contributed by atoms with Crippen LogP contribution in [0.2, 0.25) is 0 Å². The predicted molar refractivity (Wildman–Crippen MR) is 142 cm³/mol. The molecule has 2 aromatic carbocycles. The van der Waals surface area contributed by atoms with Gasteiger partial charge >= 0.3 is 0 Å². The summed E-state index contributed by atoms with van der Waals surface area (Å²) in [7, 11) is 1.69. The highest BCUT2D eigenvalue weighted by Crippen LogP contribution is 2.24. The van der Waals surface area contributed by atoms with Gasteiger partial charge in [0.1, 0.15) is 11.6 Å². The van der Waals surface area contributed by atoms with E-state index in [4.69, 9.17) is 9.72 Å². The monoisotopic (exact) mass is 476 g/mol. The van der Waals surface area contributed by atoms with E-state index in [1.54, 1.807) is 7.11 Å². The molecule has 1 aliphatic heterocycles. The number of rotatable bonds is 11. The topological polar surface area (TPSA) is 50.6 Å². The van der Waals surface area contributed by atoms with E-state index in [1.165, 1.54) is 5.56 Å². The fourth-order valence-electron chi connectivity index (χ4n) is 5.15. The van der Waals surface area contributed by atoms with Gasteiger partial charge in [-0.25, -0.2) is 4.98 Å². The molecule has 6 nitrogen and oxygen atoms in total. The van der Waals surface area contributed by atoms with Crippen LogP contribution < -0.4 is 4.74 Å². The number of carbonyl (C=O) groups is 1. The number of fused-ring (bicyclic) bond motifs is 1. The van der Waals surface area contributed by atoms with Gasteiger partial charge in [-0.1, -0.05) is 44.5 Å². The number of hydrogen-bond donors (Lipinski definition) is 0. The number of unbranched alkanes of at least 4 members (excludes halogenated alkanes) is 1. The Hall–Kier alpha value is -2.86. The van der Waals surface area contributed by atoms with Crippen LogP contribution in [0.4, 0.5) is 0 Å². The van der Waals surface area contributed by atoms with E-state index in [1.807, 2.05) is 18.2 Å². The van der Waals surface area contributed by atoms with E-state index in [-0.39, 0.29) is 5.92 Å². The standard InChI is InChI=1S/C29H40N4O2/c1-4-6-19-32(17-5-2)29(34)24-10-9-18-31(21-24)22-28-30-26-11-7-8-12-27(26)33(28)20-23-13-15-25(35-3)16-14-23/h7-8,11-16,24H,4-6,9-10,17-22H2,1-3H3/t24-/m1/s1. The first kappa shape index (κ1) is 25.2. The lowest BCUT2D eigenvalue weighted by molar-refractivity contribution is -0.137. The van der Waals surface area contributed by atoms with Crippen molar-refractivity contribution in [1.29, 1.82) is 0 Å². The normalized spacial score (nSPS) is 16.5. The van der Waals surface area contributed by atoms with Crippen molar-refractivity contribution >= 4 is 16.9 Å². The molecule has 1 aromatic heterocycles. The molecule has 2 heterocycles. The summed E-state index contributed by atoms with van der Waals surface area (Å²) in [6.45, 7) is 9.45. The lowest BCUT2D eigenvalue weighted by Gasteiger charge is -2.35. The summed E-state index contributed by atoms with van der Waals surface area (Å²) < 4.78 is 7.65. The van der Waals surface area contributed by atoms with Crippen molar-refractivity contribution in [2.75, 3.05) is 33.3 Å². The molecule has 0 aliphatic carbocycles. The molecule has 3 aromatic rings. The molecule has 0 unspecified atom stereocenters. The Morgan fingerprint density at radius 3 is 2.60 bits per heavy atom. The third kappa shape index (κ3) is 6.23. The number of aromatic nitrogens is 2. The van der Waals surface area contributed by atoms with Crippen LogP contribution >= 0.6 is 0 Å². The Morgan fingerprint density at radius 1 is 1.06 bits per heavy atom. The fourth-order valence-corrected chi connectivity index (χ4v) is 5.15. The van der Waals surface area contributed by atoms with Crippen LogP contribution in [0.1, 0.15) is 57.3 Å². The maximum atomic E-state index is 13.4. The van der Waals surface area contributed by atoms with Gasteiger partial charge in [0.15, 0.2) is 0 Å². The van der Waals surface area contributed by atoms with Gasteiger partial charge in [0.2, 0.25) is 5.91 Å². The van der Waals surface area contributed by atoms with Crippen LogP contribution in [0.25, 0.3) is 11.0 Å². The van der Waals surface area contributed by atoms with Crippen LogP contribution in [0.15, 0.2) is 48.5 Å². The maximum absolute atomic E-state index is 13.4. The molecular weight excluding hydrogens is 436 g/mol. The van der Waals surface area contributed by atoms with Gasteiger partial charge in [-0.2, -0.15) is 0 Å². The number of para-hydroxylation sites is 2. The zero-order valence-corrected chi connectivity index (χ0v) is 21.6. The van der Waals surface area contributed by atoms with E-state index in [9.17, 15) is 4.79 Å². The Labute approximate surface area is 209 Å².